The molecule has 0 bridgehead atoms. The lowest BCUT2D eigenvalue weighted by Crippen LogP contribution is -2.25. The number of ether oxygens (including phenoxy) is 2. The predicted molar refractivity (Wildman–Crippen MR) is 90.4 cm³/mol. The van der Waals surface area contributed by atoms with Crippen LogP contribution in [0.3, 0.4) is 0 Å². The highest BCUT2D eigenvalue weighted by atomic mass is 16.7. The predicted octanol–water partition coefficient (Wildman–Crippen LogP) is 4.65. The number of nitrogens with zero attached hydrogens (tertiary/aromatic N) is 1. The van der Waals surface area contributed by atoms with Gasteiger partial charge in [0.25, 0.3) is 0 Å². The first-order chi connectivity index (χ1) is 10.6. The summed E-state index contributed by atoms with van der Waals surface area (Å²) in [5.74, 6) is 0. The Morgan fingerprint density at radius 1 is 1.18 bits per heavy atom. The molecule has 1 saturated carbocycles. The smallest absolute Gasteiger partial charge is 0.154 e. The van der Waals surface area contributed by atoms with Crippen LogP contribution >= 0.6 is 0 Å². The molecule has 0 spiro atoms. The van der Waals surface area contributed by atoms with E-state index in [9.17, 15) is 4.79 Å². The third-order valence-electron chi connectivity index (χ3n) is 3.64. The Labute approximate surface area is 136 Å². The molecule has 0 unspecified atom stereocenters. The molecular formula is C18H33NO3. The number of carbonyl (C=O) groups is 1. The van der Waals surface area contributed by atoms with Crippen molar-refractivity contribution >= 4 is 6.29 Å². The number of nitriles is 1. The van der Waals surface area contributed by atoms with Crippen LogP contribution in [0.15, 0.2) is 13.2 Å². The van der Waals surface area contributed by atoms with E-state index in [0.717, 1.165) is 51.6 Å². The van der Waals surface area contributed by atoms with Gasteiger partial charge in [-0.3, -0.25) is 0 Å². The second-order valence-electron chi connectivity index (χ2n) is 5.18. The van der Waals surface area contributed by atoms with Crippen molar-refractivity contribution in [1.29, 1.82) is 5.26 Å². The van der Waals surface area contributed by atoms with Crippen molar-refractivity contribution in [3.8, 4) is 6.07 Å². The second kappa shape index (κ2) is 16.2. The molecule has 1 rings (SSSR count). The summed E-state index contributed by atoms with van der Waals surface area (Å²) in [6.07, 6.45) is 7.91. The molecule has 22 heavy (non-hydrogen) atoms. The number of aldehydes is 1. The van der Waals surface area contributed by atoms with Gasteiger partial charge in [-0.15, -0.1) is 13.2 Å². The lowest BCUT2D eigenvalue weighted by atomic mass is 9.72. The Kier molecular flexibility index (Phi) is 17.0. The normalized spacial score (nSPS) is 15.6. The van der Waals surface area contributed by atoms with Gasteiger partial charge in [-0.25, -0.2) is 0 Å². The molecule has 0 aromatic carbocycles. The zero-order valence-corrected chi connectivity index (χ0v) is 14.6. The van der Waals surface area contributed by atoms with Gasteiger partial charge in [0.15, 0.2) is 6.29 Å². The summed E-state index contributed by atoms with van der Waals surface area (Å²) in [4.78, 5) is 10.9. The minimum absolute atomic E-state index is 0.0370. The summed E-state index contributed by atoms with van der Waals surface area (Å²) in [5, 5.41) is 8.44. The highest BCUT2D eigenvalue weighted by molar-refractivity contribution is 5.59. The zero-order chi connectivity index (χ0) is 17.3. The van der Waals surface area contributed by atoms with E-state index in [-0.39, 0.29) is 11.7 Å². The topological polar surface area (TPSA) is 59.3 Å². The van der Waals surface area contributed by atoms with Gasteiger partial charge < -0.3 is 14.3 Å². The van der Waals surface area contributed by atoms with Crippen molar-refractivity contribution in [2.75, 3.05) is 13.2 Å². The van der Waals surface area contributed by atoms with Crippen LogP contribution in [0, 0.1) is 16.7 Å². The standard InChI is InChI=1S/C10H15NO.C6H14O2.C2H4/c11-8-4-7-10(9-12)5-2-1-3-6-10;1-4-7-6(3)8-5-2;1-2/h9H,1-7H2;6H,4-5H2,1-3H3;1-2H2. The molecule has 0 atom stereocenters. The van der Waals surface area contributed by atoms with E-state index in [1.165, 1.54) is 6.42 Å². The minimum Gasteiger partial charge on any atom is -0.353 e. The Hall–Kier alpha value is -1.18. The molecule has 128 valence electrons. The molecule has 1 aliphatic rings. The van der Waals surface area contributed by atoms with Gasteiger partial charge in [-0.1, -0.05) is 19.3 Å². The van der Waals surface area contributed by atoms with Gasteiger partial charge in [0.2, 0.25) is 0 Å². The molecule has 0 saturated heterocycles. The average Bonchev–Trinajstić information content (AvgIpc) is 2.57. The number of rotatable bonds is 7. The molecule has 0 aliphatic heterocycles. The average molecular weight is 311 g/mol. The van der Waals surface area contributed by atoms with E-state index >= 15 is 0 Å². The van der Waals surface area contributed by atoms with Gasteiger partial charge >= 0.3 is 0 Å². The molecule has 0 aromatic heterocycles. The molecule has 0 amide bonds. The maximum atomic E-state index is 10.9. The minimum atomic E-state index is -0.131. The van der Waals surface area contributed by atoms with Crippen LogP contribution in [-0.4, -0.2) is 25.8 Å². The van der Waals surface area contributed by atoms with Gasteiger partial charge in [0.05, 0.1) is 6.07 Å². The summed E-state index contributed by atoms with van der Waals surface area (Å²) >= 11 is 0. The summed E-state index contributed by atoms with van der Waals surface area (Å²) in [5.41, 5.74) is -0.131. The van der Waals surface area contributed by atoms with Crippen LogP contribution in [0.1, 0.15) is 65.7 Å². The van der Waals surface area contributed by atoms with Gasteiger partial charge in [0.1, 0.15) is 6.29 Å². The summed E-state index contributed by atoms with van der Waals surface area (Å²) in [6.45, 7) is 13.3. The van der Waals surface area contributed by atoms with Crippen molar-refractivity contribution in [2.45, 2.75) is 72.0 Å². The highest BCUT2D eigenvalue weighted by Crippen LogP contribution is 2.38. The lowest BCUT2D eigenvalue weighted by Gasteiger charge is -2.31. The molecule has 1 aliphatic carbocycles. The Morgan fingerprint density at radius 2 is 1.68 bits per heavy atom. The first-order valence-corrected chi connectivity index (χ1v) is 8.20. The quantitative estimate of drug-likeness (QED) is 0.390. The van der Waals surface area contributed by atoms with Crippen LogP contribution in [0.4, 0.5) is 0 Å². The van der Waals surface area contributed by atoms with E-state index in [0.29, 0.717) is 6.42 Å². The fourth-order valence-corrected chi connectivity index (χ4v) is 2.51. The van der Waals surface area contributed by atoms with Crippen LogP contribution in [0.25, 0.3) is 0 Å². The van der Waals surface area contributed by atoms with Crippen LogP contribution < -0.4 is 0 Å². The Bertz CT molecular complexity index is 287. The van der Waals surface area contributed by atoms with Gasteiger partial charge in [-0.2, -0.15) is 5.26 Å². The van der Waals surface area contributed by atoms with Crippen LogP contribution in [0.2, 0.25) is 0 Å². The van der Waals surface area contributed by atoms with Crippen LogP contribution in [-0.2, 0) is 14.3 Å². The summed E-state index contributed by atoms with van der Waals surface area (Å²) < 4.78 is 10.1. The zero-order valence-electron chi connectivity index (χ0n) is 14.6. The molecular weight excluding hydrogens is 278 g/mol. The summed E-state index contributed by atoms with van der Waals surface area (Å²) in [6, 6.07) is 2.12. The molecule has 0 aromatic rings. The monoisotopic (exact) mass is 311 g/mol. The van der Waals surface area contributed by atoms with E-state index < -0.39 is 0 Å². The van der Waals surface area contributed by atoms with Gasteiger partial charge in [0, 0.05) is 25.0 Å². The fraction of sp³-hybridized carbons (Fsp3) is 0.778. The number of hydrogen-bond donors (Lipinski definition) is 0. The molecule has 4 nitrogen and oxygen atoms in total. The maximum Gasteiger partial charge on any atom is 0.154 e. The molecule has 0 heterocycles. The summed E-state index contributed by atoms with van der Waals surface area (Å²) in [7, 11) is 0. The van der Waals surface area contributed by atoms with E-state index in [1.54, 1.807) is 0 Å². The molecule has 1 fully saturated rings. The first kappa shape index (κ1) is 23.1. The Balaban J connectivity index is 0. The first-order valence-electron chi connectivity index (χ1n) is 8.20. The van der Waals surface area contributed by atoms with Crippen molar-refractivity contribution in [3.63, 3.8) is 0 Å². The highest BCUT2D eigenvalue weighted by Gasteiger charge is 2.30. The van der Waals surface area contributed by atoms with Crippen molar-refractivity contribution in [3.05, 3.63) is 13.2 Å². The number of carbonyl (C=O) groups excluding carboxylic acids is 1. The van der Waals surface area contributed by atoms with E-state index in [4.69, 9.17) is 14.7 Å². The van der Waals surface area contributed by atoms with E-state index in [1.807, 2.05) is 20.8 Å². The fourth-order valence-electron chi connectivity index (χ4n) is 2.51. The maximum absolute atomic E-state index is 10.9. The van der Waals surface area contributed by atoms with Gasteiger partial charge in [-0.05, 0) is 40.0 Å². The third kappa shape index (κ3) is 11.5. The largest absolute Gasteiger partial charge is 0.353 e. The lowest BCUT2D eigenvalue weighted by molar-refractivity contribution is -0.123. The Morgan fingerprint density at radius 3 is 2.05 bits per heavy atom. The number of hydrogen-bond acceptors (Lipinski definition) is 4. The molecule has 0 N–H and O–H groups in total. The SMILES string of the molecule is C=C.CCOC(C)OCC.N#CCCC1(C=O)CCCCC1. The van der Waals surface area contributed by atoms with Crippen molar-refractivity contribution in [1.82, 2.24) is 0 Å². The van der Waals surface area contributed by atoms with Crippen LogP contribution in [0.5, 0.6) is 0 Å². The molecule has 4 heteroatoms. The molecule has 0 radical (unpaired) electrons. The third-order valence-corrected chi connectivity index (χ3v) is 3.64. The second-order valence-corrected chi connectivity index (χ2v) is 5.18. The van der Waals surface area contributed by atoms with E-state index in [2.05, 4.69) is 19.2 Å². The van der Waals surface area contributed by atoms with Crippen molar-refractivity contribution < 1.29 is 14.3 Å². The van der Waals surface area contributed by atoms with Crippen molar-refractivity contribution in [2.24, 2.45) is 5.41 Å².